The fraction of sp³-hybridized carbons (Fsp3) is 1.00. The van der Waals surface area contributed by atoms with Gasteiger partial charge in [0.05, 0.1) is 4.08 Å². The van der Waals surface area contributed by atoms with Crippen molar-refractivity contribution in [2.75, 3.05) is 0 Å². The summed E-state index contributed by atoms with van der Waals surface area (Å²) in [5.74, 6) is 0. The highest BCUT2D eigenvalue weighted by Crippen LogP contribution is 2.14. The van der Waals surface area contributed by atoms with Gasteiger partial charge in [-0.3, -0.25) is 0 Å². The van der Waals surface area contributed by atoms with E-state index in [1.165, 1.54) is 0 Å². The first-order valence-electron chi connectivity index (χ1n) is 1.41. The maximum absolute atomic E-state index is 4.64. The topological polar surface area (TPSA) is 0 Å². The van der Waals surface area contributed by atoms with Crippen molar-refractivity contribution in [1.29, 1.82) is 0 Å². The molecule has 0 fully saturated rings. The summed E-state index contributed by atoms with van der Waals surface area (Å²) in [7, 11) is 0. The Morgan fingerprint density at radius 3 is 1.20 bits per heavy atom. The van der Waals surface area contributed by atoms with Gasteiger partial charge in [-0.05, 0) is 13.8 Å². The van der Waals surface area contributed by atoms with Crippen LogP contribution in [0.4, 0.5) is 0 Å². The van der Waals surface area contributed by atoms with Gasteiger partial charge < -0.3 is 0 Å². The summed E-state index contributed by atoms with van der Waals surface area (Å²) in [6.07, 6.45) is 0. The van der Waals surface area contributed by atoms with Crippen molar-refractivity contribution >= 4 is 25.3 Å². The lowest BCUT2D eigenvalue weighted by Gasteiger charge is -1.99. The lowest BCUT2D eigenvalue weighted by molar-refractivity contribution is 1.05. The predicted molar refractivity (Wildman–Crippen MR) is 29.3 cm³/mol. The molecule has 0 unspecified atom stereocenters. The zero-order chi connectivity index (χ0) is 4.50. The fourth-order valence-corrected chi connectivity index (χ4v) is 0. The Labute approximate surface area is 43.8 Å². The first-order valence-corrected chi connectivity index (χ1v) is 2.22. The van der Waals surface area contributed by atoms with Gasteiger partial charge in [-0.2, -0.15) is 0 Å². The van der Waals surface area contributed by atoms with E-state index in [4.69, 9.17) is 0 Å². The van der Waals surface area contributed by atoms with Crippen molar-refractivity contribution < 1.29 is 0 Å². The van der Waals surface area contributed by atoms with Gasteiger partial charge in [-0.15, -0.1) is 0 Å². The molecule has 2 radical (unpaired) electrons. The minimum absolute atomic E-state index is 0.333. The van der Waals surface area contributed by atoms with Crippen molar-refractivity contribution in [2.45, 2.75) is 17.9 Å². The summed E-state index contributed by atoms with van der Waals surface area (Å²) in [6.45, 7) is 3.63. The molecule has 0 aliphatic heterocycles. The van der Waals surface area contributed by atoms with Crippen LogP contribution >= 0.6 is 25.3 Å². The van der Waals surface area contributed by atoms with Gasteiger partial charge in [0.1, 0.15) is 0 Å². The maximum atomic E-state index is 4.64. The summed E-state index contributed by atoms with van der Waals surface area (Å²) in [4.78, 5) is 0. The molecule has 0 saturated heterocycles. The molecule has 0 saturated carbocycles. The van der Waals surface area contributed by atoms with Gasteiger partial charge >= 0.3 is 0 Å². The molecule has 0 rings (SSSR count). The van der Waals surface area contributed by atoms with Crippen LogP contribution in [0.15, 0.2) is 0 Å². The molecule has 0 spiro atoms. The highest BCUT2D eigenvalue weighted by molar-refractivity contribution is 8.00. The molecule has 2 heteroatoms. The first-order chi connectivity index (χ1) is 2.00. The molecule has 5 heavy (non-hydrogen) atoms. The van der Waals surface area contributed by atoms with E-state index in [1.807, 2.05) is 13.8 Å². The fourth-order valence-electron chi connectivity index (χ4n) is 0. The third-order valence-electron chi connectivity index (χ3n) is 0. The SMILES string of the molecule is CC(C)([S])[S]. The Kier molecular flexibility index (Phi) is 1.63. The van der Waals surface area contributed by atoms with Crippen LogP contribution in [0.5, 0.6) is 0 Å². The number of hydrogen-bond acceptors (Lipinski definition) is 0. The predicted octanol–water partition coefficient (Wildman–Crippen LogP) is 2.12. The Balaban J connectivity index is 3.02. The largest absolute Gasteiger partial charge is 0.0762 e. The average Bonchev–Trinajstić information content (AvgIpc) is 0.722. The van der Waals surface area contributed by atoms with Crippen LogP contribution in [-0.4, -0.2) is 4.08 Å². The molecular weight excluding hydrogens is 100 g/mol. The van der Waals surface area contributed by atoms with E-state index >= 15 is 0 Å². The van der Waals surface area contributed by atoms with E-state index in [-0.39, 0.29) is 4.08 Å². The van der Waals surface area contributed by atoms with E-state index in [2.05, 4.69) is 25.3 Å². The Morgan fingerprint density at radius 1 is 1.20 bits per heavy atom. The Hall–Kier alpha value is 0.700. The standard InChI is InChI=1S/C3H6S2/c1-3(2,4)5/h1-2H3. The summed E-state index contributed by atoms with van der Waals surface area (Å²) in [5.41, 5.74) is 0. The summed E-state index contributed by atoms with van der Waals surface area (Å²) >= 11 is 9.28. The van der Waals surface area contributed by atoms with E-state index in [9.17, 15) is 0 Å². The Morgan fingerprint density at radius 2 is 1.20 bits per heavy atom. The van der Waals surface area contributed by atoms with E-state index in [0.717, 1.165) is 0 Å². The zero-order valence-electron chi connectivity index (χ0n) is 3.32. The highest BCUT2D eigenvalue weighted by atomic mass is 32.2. The number of hydrogen-bond donors (Lipinski definition) is 0. The average molecular weight is 106 g/mol. The van der Waals surface area contributed by atoms with Gasteiger partial charge in [0.15, 0.2) is 0 Å². The lowest BCUT2D eigenvalue weighted by Crippen LogP contribution is -1.94. The molecule has 0 atom stereocenters. The van der Waals surface area contributed by atoms with Gasteiger partial charge in [0.2, 0.25) is 0 Å². The van der Waals surface area contributed by atoms with Crippen LogP contribution in [0, 0.1) is 0 Å². The molecule has 0 aromatic carbocycles. The summed E-state index contributed by atoms with van der Waals surface area (Å²) in [5, 5.41) is 0. The van der Waals surface area contributed by atoms with Crippen LogP contribution in [0.3, 0.4) is 0 Å². The molecule has 0 heterocycles. The molecule has 0 nitrogen and oxygen atoms in total. The van der Waals surface area contributed by atoms with E-state index in [0.29, 0.717) is 0 Å². The molecule has 30 valence electrons. The quantitative estimate of drug-likeness (QED) is 0.443. The molecular formula is C3H6S2. The van der Waals surface area contributed by atoms with E-state index < -0.39 is 0 Å². The summed E-state index contributed by atoms with van der Waals surface area (Å²) < 4.78 is -0.333. The normalized spacial score (nSPS) is 12.0. The van der Waals surface area contributed by atoms with Crippen LogP contribution in [0.25, 0.3) is 0 Å². The molecule has 0 aromatic heterocycles. The van der Waals surface area contributed by atoms with Gasteiger partial charge in [-0.25, -0.2) is 0 Å². The highest BCUT2D eigenvalue weighted by Gasteiger charge is 2.01. The molecule has 0 aliphatic carbocycles. The van der Waals surface area contributed by atoms with Crippen molar-refractivity contribution in [2.24, 2.45) is 0 Å². The van der Waals surface area contributed by atoms with Crippen molar-refractivity contribution in [3.8, 4) is 0 Å². The van der Waals surface area contributed by atoms with Crippen LogP contribution in [0.2, 0.25) is 0 Å². The van der Waals surface area contributed by atoms with E-state index in [1.54, 1.807) is 0 Å². The zero-order valence-corrected chi connectivity index (χ0v) is 4.95. The molecule has 0 aromatic rings. The second-order valence-electron chi connectivity index (χ2n) is 1.40. The molecule has 0 N–H and O–H groups in total. The van der Waals surface area contributed by atoms with Gasteiger partial charge in [-0.1, -0.05) is 25.3 Å². The second-order valence-corrected chi connectivity index (χ2v) is 3.70. The summed E-state index contributed by atoms with van der Waals surface area (Å²) in [6, 6.07) is 0. The lowest BCUT2D eigenvalue weighted by atomic mass is 10.6. The first kappa shape index (κ1) is 5.70. The van der Waals surface area contributed by atoms with Crippen molar-refractivity contribution in [3.05, 3.63) is 0 Å². The number of rotatable bonds is 0. The van der Waals surface area contributed by atoms with Crippen LogP contribution < -0.4 is 0 Å². The third kappa shape index (κ3) is 69.9. The van der Waals surface area contributed by atoms with Gasteiger partial charge in [0.25, 0.3) is 0 Å². The smallest absolute Gasteiger partial charge is 0.0745 e. The third-order valence-corrected chi connectivity index (χ3v) is 0. The monoisotopic (exact) mass is 106 g/mol. The molecule has 0 amide bonds. The minimum Gasteiger partial charge on any atom is -0.0745 e. The Bertz CT molecular complexity index is 20.4. The maximum Gasteiger partial charge on any atom is 0.0762 e. The molecule has 0 bridgehead atoms. The van der Waals surface area contributed by atoms with Crippen LogP contribution in [-0.2, 0) is 0 Å². The van der Waals surface area contributed by atoms with Crippen LogP contribution in [0.1, 0.15) is 13.8 Å². The van der Waals surface area contributed by atoms with Crippen molar-refractivity contribution in [1.82, 2.24) is 0 Å². The molecule has 0 aliphatic rings. The minimum atomic E-state index is -0.333. The van der Waals surface area contributed by atoms with Crippen molar-refractivity contribution in [3.63, 3.8) is 0 Å². The van der Waals surface area contributed by atoms with Gasteiger partial charge in [0, 0.05) is 0 Å². The second kappa shape index (κ2) is 1.43.